The van der Waals surface area contributed by atoms with Gasteiger partial charge in [0, 0.05) is 19.1 Å². The summed E-state index contributed by atoms with van der Waals surface area (Å²) in [5, 5.41) is 8.51. The standard InChI is InChI=1S/C18H14Cl2FN3O3/c1-24(2)15-6-3-10(7-14(15)21)18(25)26-9-16-22-23-17(27-16)12-5-4-11(19)8-13(12)20/h3-8H,9H2,1-2H3. The molecule has 1 heterocycles. The quantitative estimate of drug-likeness (QED) is 0.573. The number of benzene rings is 2. The van der Waals surface area contributed by atoms with Gasteiger partial charge >= 0.3 is 5.97 Å². The Balaban J connectivity index is 1.68. The summed E-state index contributed by atoms with van der Waals surface area (Å²) in [4.78, 5) is 13.7. The summed E-state index contributed by atoms with van der Waals surface area (Å²) >= 11 is 11.9. The van der Waals surface area contributed by atoms with Gasteiger partial charge in [-0.05, 0) is 36.4 Å². The topological polar surface area (TPSA) is 68.5 Å². The molecule has 1 aromatic heterocycles. The lowest BCUT2D eigenvalue weighted by atomic mass is 10.2. The number of hydrogen-bond donors (Lipinski definition) is 0. The number of carbonyl (C=O) groups excluding carboxylic acids is 1. The summed E-state index contributed by atoms with van der Waals surface area (Å²) in [6.45, 7) is -0.256. The molecule has 0 bridgehead atoms. The highest BCUT2D eigenvalue weighted by molar-refractivity contribution is 6.36. The monoisotopic (exact) mass is 409 g/mol. The Morgan fingerprint density at radius 1 is 1.19 bits per heavy atom. The second kappa shape index (κ2) is 7.94. The van der Waals surface area contributed by atoms with Gasteiger partial charge in [0.15, 0.2) is 6.61 Å². The molecule has 0 radical (unpaired) electrons. The maximum atomic E-state index is 14.0. The first kappa shape index (κ1) is 19.1. The summed E-state index contributed by atoms with van der Waals surface area (Å²) in [5.74, 6) is -0.978. The third-order valence-corrected chi connectivity index (χ3v) is 4.17. The van der Waals surface area contributed by atoms with E-state index in [9.17, 15) is 9.18 Å². The van der Waals surface area contributed by atoms with Crippen LogP contribution in [-0.2, 0) is 11.3 Å². The molecular weight excluding hydrogens is 396 g/mol. The molecule has 0 unspecified atom stereocenters. The number of aromatic nitrogens is 2. The number of esters is 1. The molecule has 0 fully saturated rings. The fourth-order valence-corrected chi connectivity index (χ4v) is 2.78. The molecule has 3 rings (SSSR count). The Morgan fingerprint density at radius 2 is 1.96 bits per heavy atom. The molecule has 0 amide bonds. The fraction of sp³-hybridized carbons (Fsp3) is 0.167. The highest BCUT2D eigenvalue weighted by atomic mass is 35.5. The van der Waals surface area contributed by atoms with Crippen LogP contribution in [0.25, 0.3) is 11.5 Å². The summed E-state index contributed by atoms with van der Waals surface area (Å²) in [6, 6.07) is 8.92. The van der Waals surface area contributed by atoms with Crippen molar-refractivity contribution in [2.75, 3.05) is 19.0 Å². The lowest BCUT2D eigenvalue weighted by Gasteiger charge is -2.13. The van der Waals surface area contributed by atoms with Crippen molar-refractivity contribution in [3.8, 4) is 11.5 Å². The van der Waals surface area contributed by atoms with Gasteiger partial charge in [-0.1, -0.05) is 23.2 Å². The second-order valence-electron chi connectivity index (χ2n) is 5.76. The molecule has 140 valence electrons. The minimum Gasteiger partial charge on any atom is -0.452 e. The van der Waals surface area contributed by atoms with E-state index < -0.39 is 11.8 Å². The van der Waals surface area contributed by atoms with E-state index in [0.29, 0.717) is 21.3 Å². The van der Waals surface area contributed by atoms with Gasteiger partial charge < -0.3 is 14.1 Å². The zero-order valence-electron chi connectivity index (χ0n) is 14.4. The van der Waals surface area contributed by atoms with Crippen LogP contribution in [0.2, 0.25) is 10.0 Å². The van der Waals surface area contributed by atoms with Crippen molar-refractivity contribution in [3.05, 3.63) is 63.7 Å². The SMILES string of the molecule is CN(C)c1ccc(C(=O)OCc2nnc(-c3ccc(Cl)cc3Cl)o2)cc1F. The molecule has 0 aliphatic rings. The molecule has 0 aliphatic carbocycles. The Labute approximate surface area is 164 Å². The van der Waals surface area contributed by atoms with Gasteiger partial charge in [0.1, 0.15) is 5.82 Å². The average Bonchev–Trinajstić information content (AvgIpc) is 3.07. The minimum atomic E-state index is -0.705. The van der Waals surface area contributed by atoms with Crippen LogP contribution in [-0.4, -0.2) is 30.3 Å². The van der Waals surface area contributed by atoms with Gasteiger partial charge in [0.2, 0.25) is 5.89 Å². The summed E-state index contributed by atoms with van der Waals surface area (Å²) in [7, 11) is 3.41. The lowest BCUT2D eigenvalue weighted by molar-refractivity contribution is 0.0438. The van der Waals surface area contributed by atoms with Crippen molar-refractivity contribution in [2.24, 2.45) is 0 Å². The number of halogens is 3. The molecular formula is C18H14Cl2FN3O3. The van der Waals surface area contributed by atoms with Gasteiger partial charge in [0.25, 0.3) is 5.89 Å². The molecule has 2 aromatic carbocycles. The van der Waals surface area contributed by atoms with Crippen LogP contribution in [0.4, 0.5) is 10.1 Å². The van der Waals surface area contributed by atoms with Crippen LogP contribution in [0.1, 0.15) is 16.2 Å². The molecule has 9 heteroatoms. The van der Waals surface area contributed by atoms with E-state index >= 15 is 0 Å². The van der Waals surface area contributed by atoms with Crippen molar-refractivity contribution in [1.82, 2.24) is 10.2 Å². The molecule has 0 N–H and O–H groups in total. The van der Waals surface area contributed by atoms with Crippen LogP contribution < -0.4 is 4.90 Å². The lowest BCUT2D eigenvalue weighted by Crippen LogP contribution is -2.12. The van der Waals surface area contributed by atoms with Crippen LogP contribution in [0.3, 0.4) is 0 Å². The number of ether oxygens (including phenoxy) is 1. The molecule has 27 heavy (non-hydrogen) atoms. The highest BCUT2D eigenvalue weighted by Gasteiger charge is 2.16. The number of anilines is 1. The smallest absolute Gasteiger partial charge is 0.338 e. The number of carbonyl (C=O) groups is 1. The van der Waals surface area contributed by atoms with E-state index in [1.165, 1.54) is 12.1 Å². The predicted molar refractivity (Wildman–Crippen MR) is 99.6 cm³/mol. The Hall–Kier alpha value is -2.64. The van der Waals surface area contributed by atoms with Crippen LogP contribution >= 0.6 is 23.2 Å². The van der Waals surface area contributed by atoms with Gasteiger partial charge in [-0.3, -0.25) is 0 Å². The zero-order valence-corrected chi connectivity index (χ0v) is 15.9. The van der Waals surface area contributed by atoms with Crippen molar-refractivity contribution in [2.45, 2.75) is 6.61 Å². The van der Waals surface area contributed by atoms with Crippen molar-refractivity contribution >= 4 is 34.9 Å². The fourth-order valence-electron chi connectivity index (χ4n) is 2.29. The highest BCUT2D eigenvalue weighted by Crippen LogP contribution is 2.29. The van der Waals surface area contributed by atoms with E-state index in [-0.39, 0.29) is 24.0 Å². The first-order valence-electron chi connectivity index (χ1n) is 7.77. The number of rotatable bonds is 5. The molecule has 0 saturated carbocycles. The Morgan fingerprint density at radius 3 is 2.63 bits per heavy atom. The first-order chi connectivity index (χ1) is 12.8. The zero-order chi connectivity index (χ0) is 19.6. The largest absolute Gasteiger partial charge is 0.452 e. The van der Waals surface area contributed by atoms with Crippen LogP contribution in [0, 0.1) is 5.82 Å². The minimum absolute atomic E-state index is 0.0785. The van der Waals surface area contributed by atoms with Gasteiger partial charge in [-0.25, -0.2) is 9.18 Å². The average molecular weight is 410 g/mol. The molecule has 6 nitrogen and oxygen atoms in total. The first-order valence-corrected chi connectivity index (χ1v) is 8.52. The van der Waals surface area contributed by atoms with E-state index in [1.807, 2.05) is 0 Å². The van der Waals surface area contributed by atoms with Gasteiger partial charge in [-0.2, -0.15) is 0 Å². The van der Waals surface area contributed by atoms with Gasteiger partial charge in [0.05, 0.1) is 21.8 Å². The summed E-state index contributed by atoms with van der Waals surface area (Å²) < 4.78 is 24.5. The van der Waals surface area contributed by atoms with Crippen molar-refractivity contribution in [3.63, 3.8) is 0 Å². The Bertz CT molecular complexity index is 992. The van der Waals surface area contributed by atoms with Crippen molar-refractivity contribution < 1.29 is 18.3 Å². The molecule has 0 saturated heterocycles. The van der Waals surface area contributed by atoms with Crippen LogP contribution in [0.5, 0.6) is 0 Å². The van der Waals surface area contributed by atoms with Gasteiger partial charge in [-0.15, -0.1) is 10.2 Å². The number of hydrogen-bond acceptors (Lipinski definition) is 6. The van der Waals surface area contributed by atoms with E-state index in [0.717, 1.165) is 6.07 Å². The molecule has 0 aliphatic heterocycles. The van der Waals surface area contributed by atoms with Crippen LogP contribution in [0.15, 0.2) is 40.8 Å². The van der Waals surface area contributed by atoms with Crippen molar-refractivity contribution in [1.29, 1.82) is 0 Å². The molecule has 0 atom stereocenters. The van der Waals surface area contributed by atoms with E-state index in [4.69, 9.17) is 32.4 Å². The third kappa shape index (κ3) is 4.37. The summed E-state index contributed by atoms with van der Waals surface area (Å²) in [6.07, 6.45) is 0. The summed E-state index contributed by atoms with van der Waals surface area (Å²) in [5.41, 5.74) is 0.957. The maximum absolute atomic E-state index is 14.0. The molecule has 0 spiro atoms. The second-order valence-corrected chi connectivity index (χ2v) is 6.61. The molecule has 3 aromatic rings. The third-order valence-electron chi connectivity index (χ3n) is 3.62. The van der Waals surface area contributed by atoms with E-state index in [2.05, 4.69) is 10.2 Å². The normalized spacial score (nSPS) is 10.7. The number of nitrogens with zero attached hydrogens (tertiary/aromatic N) is 3. The predicted octanol–water partition coefficient (Wildman–Crippen LogP) is 4.61. The Kier molecular flexibility index (Phi) is 5.62. The van der Waals surface area contributed by atoms with E-state index in [1.54, 1.807) is 37.2 Å². The maximum Gasteiger partial charge on any atom is 0.338 e.